The minimum Gasteiger partial charge on any atom is -0.462 e. The minimum absolute atomic E-state index is 0.106. The van der Waals surface area contributed by atoms with Crippen molar-refractivity contribution in [1.29, 1.82) is 0 Å². The summed E-state index contributed by atoms with van der Waals surface area (Å²) >= 11 is 0. The number of esters is 4. The van der Waals surface area contributed by atoms with Crippen LogP contribution in [0.4, 0.5) is 0 Å². The third kappa shape index (κ3) is 81.2. The van der Waals surface area contributed by atoms with Gasteiger partial charge in [0.25, 0.3) is 0 Å². The van der Waals surface area contributed by atoms with Crippen molar-refractivity contribution in [3.8, 4) is 0 Å². The van der Waals surface area contributed by atoms with Gasteiger partial charge in [-0.1, -0.05) is 434 Å². The molecule has 0 bridgehead atoms. The number of phosphoric ester groups is 2. The summed E-state index contributed by atoms with van der Waals surface area (Å²) in [6.07, 6.45) is 73.6. The van der Waals surface area contributed by atoms with Gasteiger partial charge >= 0.3 is 39.5 Å². The smallest absolute Gasteiger partial charge is 0.462 e. The number of hydrogen-bond donors (Lipinski definition) is 3. The van der Waals surface area contributed by atoms with Gasteiger partial charge in [-0.2, -0.15) is 0 Å². The van der Waals surface area contributed by atoms with Crippen LogP contribution in [0.1, 0.15) is 485 Å². The number of hydrogen-bond acceptors (Lipinski definition) is 15. The van der Waals surface area contributed by atoms with Crippen molar-refractivity contribution in [1.82, 2.24) is 0 Å². The molecule has 4 unspecified atom stereocenters. The number of phosphoric acid groups is 2. The third-order valence-electron chi connectivity index (χ3n) is 22.1. The Bertz CT molecular complexity index is 2120. The van der Waals surface area contributed by atoms with Crippen LogP contribution in [0, 0.1) is 17.8 Å². The zero-order chi connectivity index (χ0) is 80.8. The molecule has 110 heavy (non-hydrogen) atoms. The van der Waals surface area contributed by atoms with E-state index in [0.717, 1.165) is 108 Å². The molecule has 0 aliphatic rings. The summed E-state index contributed by atoms with van der Waals surface area (Å²) in [6.45, 7) is 12.1. The fraction of sp³-hybridized carbons (Fsp3) is 0.956. The van der Waals surface area contributed by atoms with Gasteiger partial charge in [0.1, 0.15) is 19.3 Å². The predicted octanol–water partition coefficient (Wildman–Crippen LogP) is 28.0. The summed E-state index contributed by atoms with van der Waals surface area (Å²) in [4.78, 5) is 73.4. The third-order valence-corrected chi connectivity index (χ3v) is 24.0. The van der Waals surface area contributed by atoms with E-state index in [1.54, 1.807) is 0 Å². The van der Waals surface area contributed by atoms with Crippen molar-refractivity contribution in [3.63, 3.8) is 0 Å². The molecule has 0 radical (unpaired) electrons. The summed E-state index contributed by atoms with van der Waals surface area (Å²) in [5.41, 5.74) is 0. The minimum atomic E-state index is -4.97. The Morgan fingerprint density at radius 2 is 0.464 bits per heavy atom. The second-order valence-corrected chi connectivity index (χ2v) is 36.6. The lowest BCUT2D eigenvalue weighted by Gasteiger charge is -2.21. The van der Waals surface area contributed by atoms with Gasteiger partial charge < -0.3 is 33.8 Å². The molecule has 0 saturated heterocycles. The Morgan fingerprint density at radius 1 is 0.264 bits per heavy atom. The lowest BCUT2D eigenvalue weighted by atomic mass is 9.99. The molecule has 7 atom stereocenters. The molecule has 0 aliphatic carbocycles. The lowest BCUT2D eigenvalue weighted by molar-refractivity contribution is -0.161. The number of aliphatic hydroxyl groups excluding tert-OH is 1. The molecule has 19 heteroatoms. The van der Waals surface area contributed by atoms with Crippen LogP contribution in [0.3, 0.4) is 0 Å². The highest BCUT2D eigenvalue weighted by molar-refractivity contribution is 7.47. The largest absolute Gasteiger partial charge is 0.472 e. The van der Waals surface area contributed by atoms with Gasteiger partial charge in [-0.15, -0.1) is 0 Å². The molecule has 0 rings (SSSR count). The molecule has 17 nitrogen and oxygen atoms in total. The zero-order valence-electron chi connectivity index (χ0n) is 72.7. The van der Waals surface area contributed by atoms with E-state index in [4.69, 9.17) is 37.0 Å². The molecule has 0 fully saturated rings. The molecule has 0 aromatic rings. The topological polar surface area (TPSA) is 237 Å². The maximum absolute atomic E-state index is 13.2. The van der Waals surface area contributed by atoms with Gasteiger partial charge in [0, 0.05) is 25.7 Å². The van der Waals surface area contributed by atoms with Gasteiger partial charge in [-0.05, 0) is 43.4 Å². The first kappa shape index (κ1) is 108. The first-order valence-corrected chi connectivity index (χ1v) is 49.9. The fourth-order valence-corrected chi connectivity index (χ4v) is 15.8. The number of unbranched alkanes of at least 4 members (excludes halogenated alkanes) is 55. The molecule has 0 aromatic heterocycles. The monoisotopic (exact) mass is 1610 g/mol. The standard InChI is InChI=1S/C91H178O17P2/c1-8-11-12-13-14-15-16-17-18-19-20-21-22-26-29-32-35-44-51-58-65-72-88(93)101-78-86(107-90(95)74-67-60-53-46-36-33-30-27-24-23-25-28-31-34-42-49-56-63-70-83(6)9-2)80-105-109(97,98)103-76-85(92)77-104-110(99,100)106-81-87(79-102-89(94)73-66-59-52-45-39-37-41-48-55-62-69-82(4)5)108-91(96)75-68-61-54-47-40-38-43-50-57-64-71-84(7)10-3/h82-87,92H,8-81H2,1-7H3,(H,97,98)(H,99,100)/t83?,84?,85-,86-,87-/m1/s1. The Balaban J connectivity index is 5.24. The van der Waals surface area contributed by atoms with E-state index in [-0.39, 0.29) is 25.7 Å². The quantitative estimate of drug-likeness (QED) is 0.0222. The van der Waals surface area contributed by atoms with Crippen LogP contribution in [-0.4, -0.2) is 96.7 Å². The summed E-state index contributed by atoms with van der Waals surface area (Å²) < 4.78 is 69.1. The Hall–Kier alpha value is -1.94. The zero-order valence-corrected chi connectivity index (χ0v) is 74.5. The van der Waals surface area contributed by atoms with E-state index in [9.17, 15) is 43.2 Å². The summed E-state index contributed by atoms with van der Waals surface area (Å²) in [7, 11) is -9.94. The van der Waals surface area contributed by atoms with E-state index in [0.29, 0.717) is 25.7 Å². The maximum Gasteiger partial charge on any atom is 0.472 e. The second-order valence-electron chi connectivity index (χ2n) is 33.7. The number of carbonyl (C=O) groups excluding carboxylic acids is 4. The highest BCUT2D eigenvalue weighted by atomic mass is 31.2. The van der Waals surface area contributed by atoms with Crippen LogP contribution in [0.25, 0.3) is 0 Å². The molecule has 654 valence electrons. The Labute approximate surface area is 677 Å². The maximum atomic E-state index is 13.2. The van der Waals surface area contributed by atoms with Gasteiger partial charge in [0.05, 0.1) is 26.4 Å². The van der Waals surface area contributed by atoms with Gasteiger partial charge in [-0.3, -0.25) is 37.3 Å². The summed E-state index contributed by atoms with van der Waals surface area (Å²) in [5, 5.41) is 10.7. The first-order valence-electron chi connectivity index (χ1n) is 46.9. The van der Waals surface area contributed by atoms with Crippen LogP contribution in [0.2, 0.25) is 0 Å². The lowest BCUT2D eigenvalue weighted by Crippen LogP contribution is -2.30. The van der Waals surface area contributed by atoms with E-state index in [1.165, 1.54) is 295 Å². The first-order chi connectivity index (χ1) is 53.3. The molecule has 0 heterocycles. The number of aliphatic hydroxyl groups is 1. The van der Waals surface area contributed by atoms with Crippen molar-refractivity contribution >= 4 is 39.5 Å². The van der Waals surface area contributed by atoms with Crippen LogP contribution in [-0.2, 0) is 65.4 Å². The summed E-state index contributed by atoms with van der Waals surface area (Å²) in [5.74, 6) is 0.333. The van der Waals surface area contributed by atoms with Crippen molar-refractivity contribution in [2.24, 2.45) is 17.8 Å². The van der Waals surface area contributed by atoms with Crippen molar-refractivity contribution in [2.75, 3.05) is 39.6 Å². The molecule has 0 aromatic carbocycles. The fourth-order valence-electron chi connectivity index (χ4n) is 14.2. The van der Waals surface area contributed by atoms with Gasteiger partial charge in [0.15, 0.2) is 12.2 Å². The Morgan fingerprint density at radius 3 is 0.691 bits per heavy atom. The van der Waals surface area contributed by atoms with Crippen LogP contribution in [0.5, 0.6) is 0 Å². The number of rotatable bonds is 89. The predicted molar refractivity (Wildman–Crippen MR) is 455 cm³/mol. The van der Waals surface area contributed by atoms with E-state index in [1.807, 2.05) is 0 Å². The van der Waals surface area contributed by atoms with Crippen LogP contribution < -0.4 is 0 Å². The van der Waals surface area contributed by atoms with Crippen molar-refractivity contribution < 1.29 is 80.2 Å². The molecule has 0 amide bonds. The Kier molecular flexibility index (Phi) is 79.4. The van der Waals surface area contributed by atoms with Crippen molar-refractivity contribution in [3.05, 3.63) is 0 Å². The normalized spacial score (nSPS) is 14.3. The highest BCUT2D eigenvalue weighted by Crippen LogP contribution is 2.45. The molecular weight excluding hydrogens is 1430 g/mol. The molecule has 0 saturated carbocycles. The molecule has 3 N–H and O–H groups in total. The van der Waals surface area contributed by atoms with E-state index >= 15 is 0 Å². The average Bonchev–Trinajstić information content (AvgIpc) is 0.898. The van der Waals surface area contributed by atoms with Crippen LogP contribution >= 0.6 is 15.6 Å². The van der Waals surface area contributed by atoms with Gasteiger partial charge in [0.2, 0.25) is 0 Å². The highest BCUT2D eigenvalue weighted by Gasteiger charge is 2.31. The SMILES string of the molecule is CCCCCCCCCCCCCCCCCCCCCCCC(=O)OC[C@H](COP(=O)(O)OC[C@@H](O)COP(=O)(O)OC[C@@H](COC(=O)CCCCCCCCCCCCC(C)C)OC(=O)CCCCCCCCCCCCC(C)CC)OC(=O)CCCCCCCCCCCCCCCCCCCCC(C)CC. The summed E-state index contributed by atoms with van der Waals surface area (Å²) in [6, 6.07) is 0. The number of carbonyl (C=O) groups is 4. The second kappa shape index (κ2) is 80.8. The van der Waals surface area contributed by atoms with Crippen LogP contribution in [0.15, 0.2) is 0 Å². The molecule has 0 spiro atoms. The average molecular weight is 1610 g/mol. The molecule has 0 aliphatic heterocycles. The number of ether oxygens (including phenoxy) is 4. The molecular formula is C91H178O17P2. The van der Waals surface area contributed by atoms with Gasteiger partial charge in [-0.25, -0.2) is 9.13 Å². The van der Waals surface area contributed by atoms with E-state index < -0.39 is 97.5 Å². The van der Waals surface area contributed by atoms with Crippen molar-refractivity contribution in [2.45, 2.75) is 503 Å². The van der Waals surface area contributed by atoms with E-state index in [2.05, 4.69) is 48.5 Å².